The standard InChI is InChI=1S/C22H19F3N4O3/c23-22(24,25)13-29-18-10-17(21(30)28-6-3-8-31-9-7-28)26-11-15(18)20(27-29)16-12-32-19-5-2-1-4-14(16)19/h1-2,4-5,10-12H,3,6-9,13H2. The topological polar surface area (TPSA) is 73.4 Å². The summed E-state index contributed by atoms with van der Waals surface area (Å²) in [4.78, 5) is 18.8. The number of furan rings is 1. The van der Waals surface area contributed by atoms with E-state index in [2.05, 4.69) is 10.1 Å². The molecule has 1 aromatic carbocycles. The van der Waals surface area contributed by atoms with Crippen molar-refractivity contribution in [1.82, 2.24) is 19.7 Å². The highest BCUT2D eigenvalue weighted by atomic mass is 19.4. The summed E-state index contributed by atoms with van der Waals surface area (Å²) in [5.74, 6) is -0.340. The molecule has 1 saturated heterocycles. The van der Waals surface area contributed by atoms with Crippen LogP contribution in [0, 0.1) is 0 Å². The summed E-state index contributed by atoms with van der Waals surface area (Å²) in [6.45, 7) is 0.613. The van der Waals surface area contributed by atoms with Crippen LogP contribution < -0.4 is 0 Å². The zero-order valence-corrected chi connectivity index (χ0v) is 16.9. The van der Waals surface area contributed by atoms with Crippen LogP contribution in [0.2, 0.25) is 0 Å². The molecule has 0 saturated carbocycles. The molecular formula is C22H19F3N4O3. The van der Waals surface area contributed by atoms with Gasteiger partial charge in [0.05, 0.1) is 12.1 Å². The second-order valence-electron chi connectivity index (χ2n) is 7.61. The van der Waals surface area contributed by atoms with Gasteiger partial charge in [-0.2, -0.15) is 18.3 Å². The average Bonchev–Trinajstić information content (AvgIpc) is 3.21. The Morgan fingerprint density at radius 3 is 2.81 bits per heavy atom. The maximum absolute atomic E-state index is 13.3. The summed E-state index contributed by atoms with van der Waals surface area (Å²) in [5, 5.41) is 5.39. The smallest absolute Gasteiger partial charge is 0.408 e. The minimum absolute atomic E-state index is 0.0753. The van der Waals surface area contributed by atoms with Crippen LogP contribution in [-0.4, -0.2) is 58.1 Å². The maximum atomic E-state index is 13.3. The summed E-state index contributed by atoms with van der Waals surface area (Å²) in [6, 6.07) is 8.59. The van der Waals surface area contributed by atoms with E-state index in [9.17, 15) is 18.0 Å². The summed E-state index contributed by atoms with van der Waals surface area (Å²) < 4.78 is 51.6. The predicted molar refractivity (Wildman–Crippen MR) is 110 cm³/mol. The number of rotatable bonds is 3. The maximum Gasteiger partial charge on any atom is 0.408 e. The van der Waals surface area contributed by atoms with Crippen molar-refractivity contribution < 1.29 is 27.1 Å². The van der Waals surface area contributed by atoms with Crippen LogP contribution in [0.3, 0.4) is 0 Å². The summed E-state index contributed by atoms with van der Waals surface area (Å²) in [7, 11) is 0. The van der Waals surface area contributed by atoms with Gasteiger partial charge in [-0.05, 0) is 18.6 Å². The lowest BCUT2D eigenvalue weighted by atomic mass is 10.1. The number of hydrogen-bond acceptors (Lipinski definition) is 5. The van der Waals surface area contributed by atoms with Crippen molar-refractivity contribution in [2.45, 2.75) is 19.1 Å². The molecule has 0 radical (unpaired) electrons. The minimum Gasteiger partial charge on any atom is -0.464 e. The van der Waals surface area contributed by atoms with Crippen LogP contribution in [0.25, 0.3) is 33.1 Å². The Balaban J connectivity index is 1.62. The normalized spacial score (nSPS) is 15.4. The van der Waals surface area contributed by atoms with E-state index in [-0.39, 0.29) is 17.1 Å². The largest absolute Gasteiger partial charge is 0.464 e. The lowest BCUT2D eigenvalue weighted by Crippen LogP contribution is -2.33. The fraction of sp³-hybridized carbons (Fsp3) is 0.318. The van der Waals surface area contributed by atoms with E-state index >= 15 is 0 Å². The van der Waals surface area contributed by atoms with Gasteiger partial charge in [-0.15, -0.1) is 0 Å². The van der Waals surface area contributed by atoms with Crippen molar-refractivity contribution in [2.24, 2.45) is 0 Å². The van der Waals surface area contributed by atoms with Gasteiger partial charge < -0.3 is 14.1 Å². The molecule has 0 bridgehead atoms. The van der Waals surface area contributed by atoms with Gasteiger partial charge in [-0.3, -0.25) is 14.5 Å². The molecule has 1 fully saturated rings. The van der Waals surface area contributed by atoms with Crippen molar-refractivity contribution in [2.75, 3.05) is 26.3 Å². The zero-order chi connectivity index (χ0) is 22.3. The predicted octanol–water partition coefficient (Wildman–Crippen LogP) is 4.27. The summed E-state index contributed by atoms with van der Waals surface area (Å²) in [6.07, 6.45) is -0.906. The number of carbonyl (C=O) groups excluding carboxylic acids is 1. The second kappa shape index (κ2) is 7.94. The van der Waals surface area contributed by atoms with Gasteiger partial charge in [0.2, 0.25) is 0 Å². The fourth-order valence-corrected chi connectivity index (χ4v) is 3.95. The summed E-state index contributed by atoms with van der Waals surface area (Å²) in [5.41, 5.74) is 1.75. The monoisotopic (exact) mass is 444 g/mol. The molecule has 0 atom stereocenters. The first-order valence-corrected chi connectivity index (χ1v) is 10.2. The molecule has 10 heteroatoms. The molecule has 0 aliphatic carbocycles. The van der Waals surface area contributed by atoms with Gasteiger partial charge in [-0.25, -0.2) is 0 Å². The lowest BCUT2D eigenvalue weighted by Gasteiger charge is -2.19. The Kier molecular flexibility index (Phi) is 5.09. The average molecular weight is 444 g/mol. The van der Waals surface area contributed by atoms with Gasteiger partial charge in [0.25, 0.3) is 5.91 Å². The molecule has 4 heterocycles. The number of fused-ring (bicyclic) bond motifs is 2. The molecule has 0 N–H and O–H groups in total. The first-order chi connectivity index (χ1) is 15.4. The highest BCUT2D eigenvalue weighted by Crippen LogP contribution is 2.35. The van der Waals surface area contributed by atoms with E-state index < -0.39 is 12.7 Å². The van der Waals surface area contributed by atoms with Crippen molar-refractivity contribution >= 4 is 27.8 Å². The van der Waals surface area contributed by atoms with Crippen LogP contribution >= 0.6 is 0 Å². The molecule has 1 amide bonds. The van der Waals surface area contributed by atoms with Gasteiger partial charge in [0.1, 0.15) is 29.8 Å². The number of halogens is 3. The second-order valence-corrected chi connectivity index (χ2v) is 7.61. The Morgan fingerprint density at radius 1 is 1.12 bits per heavy atom. The number of benzene rings is 1. The highest BCUT2D eigenvalue weighted by molar-refractivity contribution is 6.03. The number of aromatic nitrogens is 3. The van der Waals surface area contributed by atoms with Crippen LogP contribution in [0.15, 0.2) is 47.2 Å². The molecule has 32 heavy (non-hydrogen) atoms. The Bertz CT molecular complexity index is 1290. The molecule has 0 spiro atoms. The van der Waals surface area contributed by atoms with Crippen LogP contribution in [0.5, 0.6) is 0 Å². The Morgan fingerprint density at radius 2 is 1.97 bits per heavy atom. The number of pyridine rings is 1. The number of amides is 1. The third kappa shape index (κ3) is 3.81. The Labute approximate surface area is 180 Å². The first kappa shape index (κ1) is 20.5. The van der Waals surface area contributed by atoms with Gasteiger partial charge >= 0.3 is 6.18 Å². The molecule has 3 aromatic heterocycles. The minimum atomic E-state index is -4.48. The molecule has 7 nitrogen and oxygen atoms in total. The number of nitrogens with zero attached hydrogens (tertiary/aromatic N) is 4. The van der Waals surface area contributed by atoms with Crippen molar-refractivity contribution in [3.63, 3.8) is 0 Å². The van der Waals surface area contributed by atoms with Crippen LogP contribution in [0.4, 0.5) is 13.2 Å². The number of ether oxygens (including phenoxy) is 1. The third-order valence-corrected chi connectivity index (χ3v) is 5.43. The quantitative estimate of drug-likeness (QED) is 0.472. The number of para-hydroxylation sites is 1. The Hall–Kier alpha value is -3.40. The van der Waals surface area contributed by atoms with E-state index in [1.165, 1.54) is 18.5 Å². The molecule has 4 aromatic rings. The molecule has 166 valence electrons. The number of hydrogen-bond donors (Lipinski definition) is 0. The molecule has 5 rings (SSSR count). The number of carbonyl (C=O) groups is 1. The van der Waals surface area contributed by atoms with Gasteiger partial charge in [0.15, 0.2) is 0 Å². The zero-order valence-electron chi connectivity index (χ0n) is 16.9. The number of alkyl halides is 3. The van der Waals surface area contributed by atoms with E-state index in [0.717, 1.165) is 10.1 Å². The van der Waals surface area contributed by atoms with Crippen molar-refractivity contribution in [3.8, 4) is 11.3 Å². The molecule has 1 aliphatic rings. The SMILES string of the molecule is O=C(c1cc2c(cn1)c(-c1coc3ccccc13)nn2CC(F)(F)F)N1CCCOCC1. The van der Waals surface area contributed by atoms with E-state index in [4.69, 9.17) is 9.15 Å². The van der Waals surface area contributed by atoms with E-state index in [1.807, 2.05) is 18.2 Å². The first-order valence-electron chi connectivity index (χ1n) is 10.2. The molecule has 1 aliphatic heterocycles. The van der Waals surface area contributed by atoms with Crippen molar-refractivity contribution in [1.29, 1.82) is 0 Å². The molecular weight excluding hydrogens is 425 g/mol. The van der Waals surface area contributed by atoms with Gasteiger partial charge in [0, 0.05) is 42.2 Å². The summed E-state index contributed by atoms with van der Waals surface area (Å²) >= 11 is 0. The van der Waals surface area contributed by atoms with Crippen LogP contribution in [0.1, 0.15) is 16.9 Å². The van der Waals surface area contributed by atoms with Gasteiger partial charge in [-0.1, -0.05) is 18.2 Å². The van der Waals surface area contributed by atoms with Crippen LogP contribution in [-0.2, 0) is 11.3 Å². The van der Waals surface area contributed by atoms with Crippen molar-refractivity contribution in [3.05, 3.63) is 48.5 Å². The van der Waals surface area contributed by atoms with E-state index in [0.29, 0.717) is 55.0 Å². The third-order valence-electron chi connectivity index (χ3n) is 5.43. The lowest BCUT2D eigenvalue weighted by molar-refractivity contribution is -0.141. The molecule has 0 unspecified atom stereocenters. The van der Waals surface area contributed by atoms with E-state index in [1.54, 1.807) is 11.0 Å². The fourth-order valence-electron chi connectivity index (χ4n) is 3.95. The highest BCUT2D eigenvalue weighted by Gasteiger charge is 2.31.